The number of benzene rings is 2. The van der Waals surface area contributed by atoms with Crippen LogP contribution < -0.4 is 5.32 Å². The highest BCUT2D eigenvalue weighted by molar-refractivity contribution is 6.16. The lowest BCUT2D eigenvalue weighted by Crippen LogP contribution is -2.30. The molecule has 2 unspecified atom stereocenters. The fourth-order valence-corrected chi connectivity index (χ4v) is 5.04. The van der Waals surface area contributed by atoms with E-state index in [1.54, 1.807) is 17.8 Å². The highest BCUT2D eigenvalue weighted by Gasteiger charge is 2.42. The van der Waals surface area contributed by atoms with Gasteiger partial charge in [-0.2, -0.15) is 10.4 Å². The number of hydrogen-bond donors (Lipinski definition) is 1. The molecule has 9 heteroatoms. The molecule has 33 heavy (non-hydrogen) atoms. The first-order valence-electron chi connectivity index (χ1n) is 10.6. The normalized spacial score (nSPS) is 16.3. The van der Waals surface area contributed by atoms with Crippen molar-refractivity contribution >= 4 is 23.1 Å². The van der Waals surface area contributed by atoms with Crippen molar-refractivity contribution in [1.82, 2.24) is 9.78 Å². The molecule has 0 saturated carbocycles. The molecular weight excluding hydrogens is 422 g/mol. The number of nitro benzene ring substituents is 1. The average Bonchev–Trinajstić information content (AvgIpc) is 3.32. The van der Waals surface area contributed by atoms with E-state index in [9.17, 15) is 25.0 Å². The molecule has 2 aliphatic rings. The first-order valence-corrected chi connectivity index (χ1v) is 10.6. The van der Waals surface area contributed by atoms with E-state index in [0.717, 1.165) is 36.1 Å². The summed E-state index contributed by atoms with van der Waals surface area (Å²) in [6.07, 6.45) is 2.84. The van der Waals surface area contributed by atoms with Gasteiger partial charge in [-0.1, -0.05) is 24.3 Å². The number of amides is 1. The minimum Gasteiger partial charge on any atom is -0.324 e. The molecule has 0 saturated heterocycles. The minimum absolute atomic E-state index is 0.0202. The number of anilines is 1. The van der Waals surface area contributed by atoms with Crippen molar-refractivity contribution in [2.45, 2.75) is 25.2 Å². The Hall–Kier alpha value is -4.32. The molecule has 5 rings (SSSR count). The Bertz CT molecular complexity index is 1380. The van der Waals surface area contributed by atoms with Crippen LogP contribution in [0, 0.1) is 27.4 Å². The standard InChI is InChI=1S/C24H19N5O4/c1-28-22-17-10-3-6-13-5-2-9-16(19(13)17)20(22)21(27-28)23(30)18(12-25)24(31)26-14-7-4-8-15(11-14)29(32)33/h3-4,6-8,10-11,16,18H,2,5,9H2,1H3,(H,26,31). The summed E-state index contributed by atoms with van der Waals surface area (Å²) in [6.45, 7) is 0. The SMILES string of the molecule is Cn1nc(C(=O)C(C#N)C(=O)Nc2cccc([N+](=O)[O-])c2)c2c1-c1cccc3c1C2CCC3. The summed E-state index contributed by atoms with van der Waals surface area (Å²) >= 11 is 0. The Morgan fingerprint density at radius 1 is 1.27 bits per heavy atom. The summed E-state index contributed by atoms with van der Waals surface area (Å²) in [5.41, 5.74) is 5.25. The van der Waals surface area contributed by atoms with Gasteiger partial charge in [0.25, 0.3) is 5.69 Å². The molecule has 0 radical (unpaired) electrons. The first kappa shape index (κ1) is 20.6. The van der Waals surface area contributed by atoms with E-state index in [0.29, 0.717) is 0 Å². The lowest BCUT2D eigenvalue weighted by Gasteiger charge is -2.22. The molecule has 1 amide bonds. The largest absolute Gasteiger partial charge is 0.324 e. The lowest BCUT2D eigenvalue weighted by molar-refractivity contribution is -0.384. The van der Waals surface area contributed by atoms with Crippen LogP contribution in [0.3, 0.4) is 0 Å². The number of nitro groups is 1. The van der Waals surface area contributed by atoms with Gasteiger partial charge in [0.2, 0.25) is 11.7 Å². The van der Waals surface area contributed by atoms with Gasteiger partial charge in [0, 0.05) is 41.9 Å². The van der Waals surface area contributed by atoms with Crippen LogP contribution in [-0.2, 0) is 18.3 Å². The van der Waals surface area contributed by atoms with Gasteiger partial charge >= 0.3 is 0 Å². The number of aromatic nitrogens is 2. The highest BCUT2D eigenvalue weighted by atomic mass is 16.6. The molecule has 164 valence electrons. The number of aryl methyl sites for hydroxylation is 2. The van der Waals surface area contributed by atoms with Crippen molar-refractivity contribution in [2.75, 3.05) is 5.32 Å². The van der Waals surface area contributed by atoms with Crippen LogP contribution >= 0.6 is 0 Å². The van der Waals surface area contributed by atoms with Crippen LogP contribution in [0.2, 0.25) is 0 Å². The third-order valence-electron chi connectivity index (χ3n) is 6.38. The number of carbonyl (C=O) groups is 2. The number of nitrogens with zero attached hydrogens (tertiary/aromatic N) is 4. The third kappa shape index (κ3) is 3.19. The number of ketones is 1. The molecule has 1 aromatic heterocycles. The van der Waals surface area contributed by atoms with Gasteiger partial charge in [0.1, 0.15) is 5.69 Å². The fraction of sp³-hybridized carbons (Fsp3) is 0.250. The Morgan fingerprint density at radius 2 is 2.06 bits per heavy atom. The van der Waals surface area contributed by atoms with E-state index in [2.05, 4.69) is 16.5 Å². The second kappa shape index (κ2) is 7.67. The zero-order valence-electron chi connectivity index (χ0n) is 17.7. The first-order chi connectivity index (χ1) is 15.9. The number of Topliss-reactive ketones (excluding diaryl/α,β-unsaturated/α-hetero) is 1. The van der Waals surface area contributed by atoms with Gasteiger partial charge in [-0.15, -0.1) is 0 Å². The summed E-state index contributed by atoms with van der Waals surface area (Å²) in [6, 6.07) is 13.3. The Labute approximate surface area is 188 Å². The van der Waals surface area contributed by atoms with Gasteiger partial charge in [-0.3, -0.25) is 24.4 Å². The van der Waals surface area contributed by atoms with Gasteiger partial charge in [0.15, 0.2) is 5.92 Å². The average molecular weight is 441 g/mol. The lowest BCUT2D eigenvalue weighted by atomic mass is 9.81. The molecule has 1 N–H and O–H groups in total. The zero-order chi connectivity index (χ0) is 23.3. The maximum absolute atomic E-state index is 13.4. The highest BCUT2D eigenvalue weighted by Crippen LogP contribution is 2.52. The van der Waals surface area contributed by atoms with Gasteiger partial charge < -0.3 is 5.32 Å². The van der Waals surface area contributed by atoms with Crippen LogP contribution in [0.1, 0.15) is 45.9 Å². The monoisotopic (exact) mass is 441 g/mol. The Morgan fingerprint density at radius 3 is 2.82 bits per heavy atom. The molecule has 9 nitrogen and oxygen atoms in total. The number of nitrogens with one attached hydrogen (secondary N) is 1. The molecule has 3 aromatic rings. The van der Waals surface area contributed by atoms with Gasteiger partial charge in [-0.05, 0) is 36.5 Å². The summed E-state index contributed by atoms with van der Waals surface area (Å²) in [5, 5.41) is 27.6. The third-order valence-corrected chi connectivity index (χ3v) is 6.38. The smallest absolute Gasteiger partial charge is 0.271 e. The van der Waals surface area contributed by atoms with Crippen LogP contribution in [0.5, 0.6) is 0 Å². The molecule has 0 bridgehead atoms. The van der Waals surface area contributed by atoms with E-state index < -0.39 is 22.5 Å². The second-order valence-electron chi connectivity index (χ2n) is 8.28. The van der Waals surface area contributed by atoms with Crippen molar-refractivity contribution in [1.29, 1.82) is 5.26 Å². The van der Waals surface area contributed by atoms with E-state index in [4.69, 9.17) is 0 Å². The number of nitriles is 1. The van der Waals surface area contributed by atoms with Crippen LogP contribution in [0.25, 0.3) is 11.3 Å². The van der Waals surface area contributed by atoms with E-state index in [1.807, 2.05) is 12.1 Å². The Kier molecular flexibility index (Phi) is 4.78. The zero-order valence-corrected chi connectivity index (χ0v) is 17.7. The summed E-state index contributed by atoms with van der Waals surface area (Å²) < 4.78 is 1.66. The van der Waals surface area contributed by atoms with Crippen molar-refractivity contribution in [3.63, 3.8) is 0 Å². The number of hydrogen-bond acceptors (Lipinski definition) is 6. The van der Waals surface area contributed by atoms with Crippen LogP contribution in [-0.4, -0.2) is 26.4 Å². The van der Waals surface area contributed by atoms with E-state index >= 15 is 0 Å². The predicted molar refractivity (Wildman–Crippen MR) is 119 cm³/mol. The molecular formula is C24H19N5O4. The molecule has 0 fully saturated rings. The van der Waals surface area contributed by atoms with Crippen molar-refractivity contribution < 1.29 is 14.5 Å². The van der Waals surface area contributed by atoms with Crippen molar-refractivity contribution in [3.05, 3.63) is 75.0 Å². The summed E-state index contributed by atoms with van der Waals surface area (Å²) in [5.74, 6) is -3.12. The van der Waals surface area contributed by atoms with E-state index in [1.165, 1.54) is 35.4 Å². The second-order valence-corrected chi connectivity index (χ2v) is 8.28. The van der Waals surface area contributed by atoms with Gasteiger partial charge in [-0.25, -0.2) is 0 Å². The van der Waals surface area contributed by atoms with Gasteiger partial charge in [0.05, 0.1) is 16.7 Å². The quantitative estimate of drug-likeness (QED) is 0.278. The van der Waals surface area contributed by atoms with Crippen molar-refractivity contribution in [2.24, 2.45) is 13.0 Å². The number of fused-ring (bicyclic) bond motifs is 3. The Balaban J connectivity index is 1.49. The number of non-ortho nitro benzene ring substituents is 1. The molecule has 2 aliphatic carbocycles. The molecule has 2 atom stereocenters. The number of rotatable bonds is 5. The maximum atomic E-state index is 13.4. The molecule has 0 spiro atoms. The summed E-state index contributed by atoms with van der Waals surface area (Å²) in [7, 11) is 1.76. The fourth-order valence-electron chi connectivity index (χ4n) is 5.04. The van der Waals surface area contributed by atoms with Crippen molar-refractivity contribution in [3.8, 4) is 17.3 Å². The minimum atomic E-state index is -1.63. The number of carbonyl (C=O) groups excluding carboxylic acids is 2. The van der Waals surface area contributed by atoms with Crippen LogP contribution in [0.4, 0.5) is 11.4 Å². The molecule has 0 aliphatic heterocycles. The molecule has 1 heterocycles. The van der Waals surface area contributed by atoms with E-state index in [-0.39, 0.29) is 23.0 Å². The maximum Gasteiger partial charge on any atom is 0.271 e. The summed E-state index contributed by atoms with van der Waals surface area (Å²) in [4.78, 5) is 36.6. The predicted octanol–water partition coefficient (Wildman–Crippen LogP) is 3.74. The van der Waals surface area contributed by atoms with Crippen LogP contribution in [0.15, 0.2) is 42.5 Å². The molecule has 2 aromatic carbocycles. The topological polar surface area (TPSA) is 131 Å².